The molecule has 5 heteroatoms. The fourth-order valence-corrected chi connectivity index (χ4v) is 3.44. The summed E-state index contributed by atoms with van der Waals surface area (Å²) in [4.78, 5) is 0. The lowest BCUT2D eigenvalue weighted by Gasteiger charge is -2.31. The van der Waals surface area contributed by atoms with Crippen molar-refractivity contribution in [1.29, 1.82) is 0 Å². The van der Waals surface area contributed by atoms with Crippen molar-refractivity contribution in [3.63, 3.8) is 0 Å². The highest BCUT2D eigenvalue weighted by Gasteiger charge is 2.49. The van der Waals surface area contributed by atoms with Gasteiger partial charge in [0.2, 0.25) is 0 Å². The van der Waals surface area contributed by atoms with E-state index in [1.807, 2.05) is 0 Å². The van der Waals surface area contributed by atoms with Gasteiger partial charge in [0, 0.05) is 7.11 Å². The van der Waals surface area contributed by atoms with Gasteiger partial charge in [-0.2, -0.15) is 0 Å². The molecular formula is C14H24O5. The molecule has 0 aromatic heterocycles. The molecule has 6 unspecified atom stereocenters. The van der Waals surface area contributed by atoms with E-state index in [1.54, 1.807) is 7.11 Å². The topological polar surface area (TPSA) is 60.5 Å². The Bertz CT molecular complexity index is 290. The highest BCUT2D eigenvalue weighted by Crippen LogP contribution is 2.47. The number of methoxy groups -OCH3 is 1. The van der Waals surface area contributed by atoms with Gasteiger partial charge < -0.3 is 24.1 Å². The summed E-state index contributed by atoms with van der Waals surface area (Å²) in [7, 11) is 1.60. The van der Waals surface area contributed by atoms with E-state index < -0.39 is 0 Å². The first-order chi connectivity index (χ1) is 9.31. The zero-order valence-electron chi connectivity index (χ0n) is 11.5. The Morgan fingerprint density at radius 1 is 1.21 bits per heavy atom. The van der Waals surface area contributed by atoms with E-state index in [0.717, 1.165) is 6.61 Å². The fraction of sp³-hybridized carbons (Fsp3) is 1.00. The van der Waals surface area contributed by atoms with Gasteiger partial charge in [0.25, 0.3) is 0 Å². The zero-order valence-corrected chi connectivity index (χ0v) is 11.5. The number of hydrogen-bond donors (Lipinski definition) is 1. The smallest absolute Gasteiger partial charge is 0.104 e. The molecule has 1 heterocycles. The van der Waals surface area contributed by atoms with Crippen LogP contribution in [0.1, 0.15) is 19.3 Å². The molecule has 0 radical (unpaired) electrons. The van der Waals surface area contributed by atoms with Crippen LogP contribution in [0.5, 0.6) is 0 Å². The molecule has 0 aromatic carbocycles. The summed E-state index contributed by atoms with van der Waals surface area (Å²) in [5, 5.41) is 9.13. The second kappa shape index (κ2) is 6.06. The Morgan fingerprint density at radius 2 is 1.89 bits per heavy atom. The molecule has 3 fully saturated rings. The van der Waals surface area contributed by atoms with Gasteiger partial charge in [-0.25, -0.2) is 0 Å². The first kappa shape index (κ1) is 13.8. The number of epoxide rings is 1. The van der Waals surface area contributed by atoms with Gasteiger partial charge >= 0.3 is 0 Å². The monoisotopic (exact) mass is 272 g/mol. The van der Waals surface area contributed by atoms with Gasteiger partial charge in [0.05, 0.1) is 38.6 Å². The molecule has 2 saturated carbocycles. The molecule has 5 nitrogen and oxygen atoms in total. The van der Waals surface area contributed by atoms with Crippen molar-refractivity contribution in [2.24, 2.45) is 11.8 Å². The summed E-state index contributed by atoms with van der Waals surface area (Å²) in [6, 6.07) is 0. The number of aliphatic hydroxyl groups excluding tert-OH is 1. The predicted octanol–water partition coefficient (Wildman–Crippen LogP) is 0.593. The van der Waals surface area contributed by atoms with Crippen molar-refractivity contribution in [1.82, 2.24) is 0 Å². The lowest BCUT2D eigenvalue weighted by atomic mass is 9.94. The zero-order chi connectivity index (χ0) is 13.2. The first-order valence-corrected chi connectivity index (χ1v) is 7.30. The highest BCUT2D eigenvalue weighted by molar-refractivity contribution is 4.99. The third kappa shape index (κ3) is 3.11. The van der Waals surface area contributed by atoms with Crippen molar-refractivity contribution < 1.29 is 24.1 Å². The molecule has 2 aliphatic carbocycles. The van der Waals surface area contributed by atoms with Crippen LogP contribution in [-0.2, 0) is 18.9 Å². The van der Waals surface area contributed by atoms with Crippen molar-refractivity contribution in [3.8, 4) is 0 Å². The van der Waals surface area contributed by atoms with Gasteiger partial charge in [0.15, 0.2) is 0 Å². The predicted molar refractivity (Wildman–Crippen MR) is 67.9 cm³/mol. The maximum absolute atomic E-state index is 9.13. The number of fused-ring (bicyclic) bond motifs is 2. The highest BCUT2D eigenvalue weighted by atomic mass is 16.6. The van der Waals surface area contributed by atoms with Gasteiger partial charge in [-0.3, -0.25) is 0 Å². The quantitative estimate of drug-likeness (QED) is 0.655. The third-order valence-corrected chi connectivity index (χ3v) is 4.66. The summed E-state index contributed by atoms with van der Waals surface area (Å²) in [6.07, 6.45) is 4.18. The van der Waals surface area contributed by atoms with Crippen molar-refractivity contribution in [2.75, 3.05) is 33.5 Å². The van der Waals surface area contributed by atoms with Crippen LogP contribution in [-0.4, -0.2) is 63.1 Å². The molecule has 19 heavy (non-hydrogen) atoms. The Balaban J connectivity index is 1.51. The standard InChI is InChI=1S/C14H24O5/c1-16-11(5-15)6-18-13-9-2-3-10(4-9)14(13)19-8-12-7-17-12/h9-15H,2-8H2,1H3. The Kier molecular flexibility index (Phi) is 4.39. The van der Waals surface area contributed by atoms with Crippen molar-refractivity contribution in [3.05, 3.63) is 0 Å². The lowest BCUT2D eigenvalue weighted by Crippen LogP contribution is -2.40. The second-order valence-corrected chi connectivity index (χ2v) is 5.92. The number of ether oxygens (including phenoxy) is 4. The van der Waals surface area contributed by atoms with E-state index in [0.29, 0.717) is 31.2 Å². The van der Waals surface area contributed by atoms with Gasteiger partial charge in [-0.1, -0.05) is 0 Å². The van der Waals surface area contributed by atoms with E-state index in [9.17, 15) is 0 Å². The molecule has 3 aliphatic rings. The van der Waals surface area contributed by atoms with Crippen LogP contribution in [0.3, 0.4) is 0 Å². The van der Waals surface area contributed by atoms with Crippen LogP contribution >= 0.6 is 0 Å². The van der Waals surface area contributed by atoms with Crippen LogP contribution in [0.2, 0.25) is 0 Å². The van der Waals surface area contributed by atoms with E-state index >= 15 is 0 Å². The molecule has 6 atom stereocenters. The van der Waals surface area contributed by atoms with Crippen LogP contribution in [0.15, 0.2) is 0 Å². The minimum Gasteiger partial charge on any atom is -0.394 e. The largest absolute Gasteiger partial charge is 0.394 e. The summed E-state index contributed by atoms with van der Waals surface area (Å²) in [5.41, 5.74) is 0. The molecule has 0 spiro atoms. The Labute approximate surface area is 114 Å². The molecule has 1 saturated heterocycles. The third-order valence-electron chi connectivity index (χ3n) is 4.66. The van der Waals surface area contributed by atoms with Crippen molar-refractivity contribution in [2.45, 2.75) is 43.7 Å². The second-order valence-electron chi connectivity index (χ2n) is 5.92. The minimum atomic E-state index is -0.230. The summed E-state index contributed by atoms with van der Waals surface area (Å²) < 4.78 is 22.4. The normalized spacial score (nSPS) is 41.7. The van der Waals surface area contributed by atoms with Crippen LogP contribution in [0.25, 0.3) is 0 Å². The van der Waals surface area contributed by atoms with E-state index in [-0.39, 0.29) is 24.9 Å². The molecule has 110 valence electrons. The number of hydrogen-bond acceptors (Lipinski definition) is 5. The Hall–Kier alpha value is -0.200. The number of rotatable bonds is 8. The van der Waals surface area contributed by atoms with E-state index in [2.05, 4.69) is 0 Å². The minimum absolute atomic E-state index is 0.00124. The summed E-state index contributed by atoms with van der Waals surface area (Å²) in [6.45, 7) is 1.98. The van der Waals surface area contributed by atoms with Crippen LogP contribution in [0.4, 0.5) is 0 Å². The summed E-state index contributed by atoms with van der Waals surface area (Å²) >= 11 is 0. The molecule has 0 aromatic rings. The SMILES string of the molecule is COC(CO)COC1C2CCC(C2)C1OCC1CO1. The lowest BCUT2D eigenvalue weighted by molar-refractivity contribution is -0.123. The van der Waals surface area contributed by atoms with Gasteiger partial charge in [-0.15, -0.1) is 0 Å². The molecular weight excluding hydrogens is 248 g/mol. The maximum atomic E-state index is 9.13. The average molecular weight is 272 g/mol. The molecule has 2 bridgehead atoms. The molecule has 3 rings (SSSR count). The van der Waals surface area contributed by atoms with Gasteiger partial charge in [-0.05, 0) is 31.1 Å². The average Bonchev–Trinajstić information content (AvgIpc) is 3.05. The summed E-state index contributed by atoms with van der Waals surface area (Å²) in [5.74, 6) is 1.26. The molecule has 1 aliphatic heterocycles. The molecule has 0 amide bonds. The van der Waals surface area contributed by atoms with Crippen molar-refractivity contribution >= 4 is 0 Å². The van der Waals surface area contributed by atoms with E-state index in [4.69, 9.17) is 24.1 Å². The van der Waals surface area contributed by atoms with Crippen LogP contribution in [0, 0.1) is 11.8 Å². The Morgan fingerprint density at radius 3 is 2.47 bits per heavy atom. The van der Waals surface area contributed by atoms with Gasteiger partial charge in [0.1, 0.15) is 12.2 Å². The first-order valence-electron chi connectivity index (χ1n) is 7.30. The fourth-order valence-electron chi connectivity index (χ4n) is 3.44. The van der Waals surface area contributed by atoms with E-state index in [1.165, 1.54) is 19.3 Å². The molecule has 1 N–H and O–H groups in total. The maximum Gasteiger partial charge on any atom is 0.104 e. The van der Waals surface area contributed by atoms with Crippen LogP contribution < -0.4 is 0 Å². The number of aliphatic hydroxyl groups is 1.